The molecule has 5 rings (SSSR count). The fourth-order valence-corrected chi connectivity index (χ4v) is 4.99. The first kappa shape index (κ1) is 23.6. The Morgan fingerprint density at radius 3 is 2.61 bits per heavy atom. The first-order chi connectivity index (χ1) is 17.1. The molecule has 36 heavy (non-hydrogen) atoms. The first-order valence-corrected chi connectivity index (χ1v) is 11.7. The highest BCUT2D eigenvalue weighted by molar-refractivity contribution is 7.17. The van der Waals surface area contributed by atoms with Crippen LogP contribution in [0.15, 0.2) is 67.3 Å². The molecule has 0 saturated heterocycles. The number of nitrogens with zero attached hydrogens (tertiary/aromatic N) is 4. The van der Waals surface area contributed by atoms with Crippen molar-refractivity contribution in [2.45, 2.75) is 19.2 Å². The van der Waals surface area contributed by atoms with Crippen LogP contribution in [0.2, 0.25) is 0 Å². The Morgan fingerprint density at radius 1 is 1.14 bits per heavy atom. The van der Waals surface area contributed by atoms with Crippen LogP contribution in [-0.2, 0) is 13.2 Å². The summed E-state index contributed by atoms with van der Waals surface area (Å²) >= 11 is 1.10. The van der Waals surface area contributed by atoms with E-state index in [0.717, 1.165) is 28.5 Å². The summed E-state index contributed by atoms with van der Waals surface area (Å²) in [5, 5.41) is 4.19. The second-order valence-electron chi connectivity index (χ2n) is 8.20. The molecule has 0 radical (unpaired) electrons. The normalized spacial score (nSPS) is 12.7. The second-order valence-corrected chi connectivity index (χ2v) is 9.26. The van der Waals surface area contributed by atoms with Gasteiger partial charge in [0.05, 0.1) is 28.5 Å². The molecule has 5 aromatic rings. The Labute approximate surface area is 207 Å². The van der Waals surface area contributed by atoms with Crippen molar-refractivity contribution in [3.63, 3.8) is 0 Å². The number of carbonyl (C=O) groups is 1. The van der Waals surface area contributed by atoms with Gasteiger partial charge in [-0.1, -0.05) is 18.2 Å². The van der Waals surface area contributed by atoms with Gasteiger partial charge in [-0.05, 0) is 30.7 Å². The van der Waals surface area contributed by atoms with Gasteiger partial charge >= 0.3 is 6.18 Å². The number of carbonyl (C=O) groups excluding carboxylic acids is 1. The zero-order valence-corrected chi connectivity index (χ0v) is 20.0. The van der Waals surface area contributed by atoms with Gasteiger partial charge < -0.3 is 10.5 Å². The Bertz CT molecular complexity index is 1580. The highest BCUT2D eigenvalue weighted by atomic mass is 32.1. The van der Waals surface area contributed by atoms with Crippen molar-refractivity contribution in [1.29, 1.82) is 0 Å². The molecule has 7 nitrogen and oxygen atoms in total. The van der Waals surface area contributed by atoms with Crippen LogP contribution >= 0.6 is 11.3 Å². The molecular weight excluding hydrogens is 491 g/mol. The van der Waals surface area contributed by atoms with E-state index in [2.05, 4.69) is 10.1 Å². The van der Waals surface area contributed by atoms with Crippen molar-refractivity contribution in [3.8, 4) is 27.4 Å². The molecule has 1 atom stereocenters. The van der Waals surface area contributed by atoms with Crippen molar-refractivity contribution >= 4 is 22.9 Å². The number of hydrogen-bond donors (Lipinski definition) is 1. The summed E-state index contributed by atoms with van der Waals surface area (Å²) in [4.78, 5) is 17.4. The monoisotopic (exact) mass is 511 g/mol. The standard InChI is InChI=1S/C25H20F3N5O2S/c1-14(17-5-3-4-6-18(17)25(26,27)28)35-20-10-21(36-23(20)24(29)34)19-12-30-22-9-15(7-8-33(19)22)16-11-31-32(2)13-16/h3-14H,1-2H3,(H2,29,34). The van der Waals surface area contributed by atoms with Gasteiger partial charge in [0.1, 0.15) is 22.4 Å². The predicted molar refractivity (Wildman–Crippen MR) is 130 cm³/mol. The van der Waals surface area contributed by atoms with Crippen LogP contribution in [0.4, 0.5) is 13.2 Å². The third-order valence-electron chi connectivity index (χ3n) is 5.73. The average Bonchev–Trinajstić information content (AvgIpc) is 3.56. The van der Waals surface area contributed by atoms with Gasteiger partial charge in [0, 0.05) is 36.6 Å². The molecule has 0 saturated carbocycles. The van der Waals surface area contributed by atoms with E-state index in [1.54, 1.807) is 23.1 Å². The summed E-state index contributed by atoms with van der Waals surface area (Å²) in [5.74, 6) is -0.612. The van der Waals surface area contributed by atoms with E-state index < -0.39 is 23.8 Å². The summed E-state index contributed by atoms with van der Waals surface area (Å²) in [5.41, 5.74) is 8.00. The maximum absolute atomic E-state index is 13.5. The maximum Gasteiger partial charge on any atom is 0.416 e. The quantitative estimate of drug-likeness (QED) is 0.316. The van der Waals surface area contributed by atoms with Crippen LogP contribution in [0, 0.1) is 0 Å². The van der Waals surface area contributed by atoms with Crippen LogP contribution in [0.3, 0.4) is 0 Å². The number of benzene rings is 1. The number of rotatable bonds is 6. The molecule has 1 unspecified atom stereocenters. The Morgan fingerprint density at radius 2 is 1.92 bits per heavy atom. The van der Waals surface area contributed by atoms with E-state index in [0.29, 0.717) is 16.2 Å². The molecule has 1 aromatic carbocycles. The zero-order chi connectivity index (χ0) is 25.6. The van der Waals surface area contributed by atoms with Crippen LogP contribution in [0.1, 0.15) is 33.8 Å². The molecule has 4 heterocycles. The lowest BCUT2D eigenvalue weighted by Gasteiger charge is -2.19. The average molecular weight is 512 g/mol. The molecule has 0 aliphatic heterocycles. The fraction of sp³-hybridized carbons (Fsp3) is 0.160. The van der Waals surface area contributed by atoms with Gasteiger partial charge in [0.2, 0.25) is 0 Å². The third kappa shape index (κ3) is 4.33. The number of fused-ring (bicyclic) bond motifs is 1. The number of aromatic nitrogens is 4. The Kier molecular flexibility index (Phi) is 5.79. The minimum Gasteiger partial charge on any atom is -0.484 e. The van der Waals surface area contributed by atoms with Gasteiger partial charge in [-0.25, -0.2) is 4.98 Å². The molecule has 1 amide bonds. The van der Waals surface area contributed by atoms with E-state index >= 15 is 0 Å². The van der Waals surface area contributed by atoms with Crippen LogP contribution < -0.4 is 10.5 Å². The van der Waals surface area contributed by atoms with Gasteiger partial charge in [0.15, 0.2) is 0 Å². The number of amides is 1. The van der Waals surface area contributed by atoms with E-state index in [4.69, 9.17) is 10.5 Å². The summed E-state index contributed by atoms with van der Waals surface area (Å²) in [6.45, 7) is 1.50. The lowest BCUT2D eigenvalue weighted by atomic mass is 10.0. The first-order valence-electron chi connectivity index (χ1n) is 10.8. The largest absolute Gasteiger partial charge is 0.484 e. The van der Waals surface area contributed by atoms with Crippen LogP contribution in [0.5, 0.6) is 5.75 Å². The molecule has 0 spiro atoms. The lowest BCUT2D eigenvalue weighted by molar-refractivity contribution is -0.138. The Hall–Kier alpha value is -4.12. The highest BCUT2D eigenvalue weighted by Gasteiger charge is 2.35. The minimum absolute atomic E-state index is 0.0362. The molecule has 11 heteroatoms. The number of halogens is 3. The SMILES string of the molecule is CC(Oc1cc(-c2cnc3cc(-c4cnn(C)c4)ccn23)sc1C(N)=O)c1ccccc1C(F)(F)F. The number of ether oxygens (including phenoxy) is 1. The number of thiophene rings is 1. The molecule has 184 valence electrons. The summed E-state index contributed by atoms with van der Waals surface area (Å²) < 4.78 is 49.9. The second kappa shape index (κ2) is 8.83. The van der Waals surface area contributed by atoms with E-state index in [9.17, 15) is 18.0 Å². The molecular formula is C25H20F3N5O2S. The highest BCUT2D eigenvalue weighted by Crippen LogP contribution is 2.40. The number of imidazole rings is 1. The molecule has 0 aliphatic rings. The lowest BCUT2D eigenvalue weighted by Crippen LogP contribution is -2.15. The van der Waals surface area contributed by atoms with E-state index in [1.165, 1.54) is 25.1 Å². The van der Waals surface area contributed by atoms with E-state index in [1.807, 2.05) is 36.0 Å². The topological polar surface area (TPSA) is 87.4 Å². The third-order valence-corrected chi connectivity index (χ3v) is 6.89. The smallest absolute Gasteiger partial charge is 0.416 e. The number of nitrogens with two attached hydrogens (primary N) is 1. The molecule has 2 N–H and O–H groups in total. The van der Waals surface area contributed by atoms with Gasteiger partial charge in [0.25, 0.3) is 5.91 Å². The minimum atomic E-state index is -4.54. The van der Waals surface area contributed by atoms with Crippen molar-refractivity contribution in [2.24, 2.45) is 12.8 Å². The van der Waals surface area contributed by atoms with Gasteiger partial charge in [-0.15, -0.1) is 11.3 Å². The molecule has 4 aromatic heterocycles. The molecule has 0 aliphatic carbocycles. The number of pyridine rings is 1. The van der Waals surface area contributed by atoms with Crippen molar-refractivity contribution in [3.05, 3.63) is 83.3 Å². The number of hydrogen-bond acceptors (Lipinski definition) is 5. The maximum atomic E-state index is 13.5. The number of primary amides is 1. The number of alkyl halides is 3. The molecule has 0 fully saturated rings. The predicted octanol–water partition coefficient (Wildman–Crippen LogP) is 5.72. The number of aryl methyl sites for hydroxylation is 1. The van der Waals surface area contributed by atoms with Crippen molar-refractivity contribution in [2.75, 3.05) is 0 Å². The zero-order valence-electron chi connectivity index (χ0n) is 19.2. The van der Waals surface area contributed by atoms with Crippen molar-refractivity contribution in [1.82, 2.24) is 19.2 Å². The van der Waals surface area contributed by atoms with Gasteiger partial charge in [-0.3, -0.25) is 13.9 Å². The van der Waals surface area contributed by atoms with E-state index in [-0.39, 0.29) is 16.2 Å². The van der Waals surface area contributed by atoms with Crippen LogP contribution in [-0.4, -0.2) is 25.1 Å². The fourth-order valence-electron chi connectivity index (χ4n) is 4.04. The Balaban J connectivity index is 1.50. The summed E-state index contributed by atoms with van der Waals surface area (Å²) in [6, 6.07) is 10.6. The van der Waals surface area contributed by atoms with Crippen molar-refractivity contribution < 1.29 is 22.7 Å². The van der Waals surface area contributed by atoms with Crippen LogP contribution in [0.25, 0.3) is 27.3 Å². The molecule has 0 bridgehead atoms. The summed E-state index contributed by atoms with van der Waals surface area (Å²) in [6.07, 6.45) is 1.65. The summed E-state index contributed by atoms with van der Waals surface area (Å²) in [7, 11) is 1.84. The van der Waals surface area contributed by atoms with Gasteiger partial charge in [-0.2, -0.15) is 18.3 Å².